The number of carbonyl (C=O) groups excluding carboxylic acids is 1. The quantitative estimate of drug-likeness (QED) is 0.278. The minimum atomic E-state index is -2.85. The van der Waals surface area contributed by atoms with Gasteiger partial charge in [-0.1, -0.05) is 25.3 Å². The van der Waals surface area contributed by atoms with Crippen molar-refractivity contribution in [2.24, 2.45) is 5.92 Å². The van der Waals surface area contributed by atoms with E-state index in [-0.39, 0.29) is 24.3 Å². The SMILES string of the molecule is O=C(C1CCN(C2CCCCC2)CC1)N(Cc1cn2ccc(-c3nnc(C(F)F)o3)cc2n1)c1cccc(F)c1. The Kier molecular flexibility index (Phi) is 7.55. The fourth-order valence-electron chi connectivity index (χ4n) is 5.96. The molecule has 4 aromatic rings. The highest BCUT2D eigenvalue weighted by molar-refractivity contribution is 5.95. The van der Waals surface area contributed by atoms with Gasteiger partial charge in [0.15, 0.2) is 0 Å². The van der Waals surface area contributed by atoms with E-state index in [1.54, 1.807) is 46.0 Å². The summed E-state index contributed by atoms with van der Waals surface area (Å²) < 4.78 is 46.8. The molecule has 0 spiro atoms. The number of hydrogen-bond acceptors (Lipinski definition) is 6. The highest BCUT2D eigenvalue weighted by Gasteiger charge is 2.32. The van der Waals surface area contributed by atoms with Gasteiger partial charge in [0.05, 0.1) is 12.2 Å². The molecule has 4 heterocycles. The number of piperidine rings is 1. The van der Waals surface area contributed by atoms with Gasteiger partial charge in [-0.2, -0.15) is 8.78 Å². The van der Waals surface area contributed by atoms with E-state index in [0.717, 1.165) is 25.9 Å². The topological polar surface area (TPSA) is 79.8 Å². The number of carbonyl (C=O) groups is 1. The van der Waals surface area contributed by atoms with Crippen LogP contribution in [0.1, 0.15) is 63.0 Å². The molecule has 1 aliphatic carbocycles. The third-order valence-corrected chi connectivity index (χ3v) is 8.06. The molecule has 0 radical (unpaired) electrons. The summed E-state index contributed by atoms with van der Waals surface area (Å²) >= 11 is 0. The largest absolute Gasteiger partial charge is 0.415 e. The number of hydrogen-bond donors (Lipinski definition) is 0. The summed E-state index contributed by atoms with van der Waals surface area (Å²) in [5, 5.41) is 7.08. The predicted molar refractivity (Wildman–Crippen MR) is 142 cm³/mol. The van der Waals surface area contributed by atoms with Crippen LogP contribution in [0.5, 0.6) is 0 Å². The summed E-state index contributed by atoms with van der Waals surface area (Å²) in [4.78, 5) is 22.7. The summed E-state index contributed by atoms with van der Waals surface area (Å²) in [6, 6.07) is 10.0. The number of aromatic nitrogens is 4. The summed E-state index contributed by atoms with van der Waals surface area (Å²) in [6.07, 6.45) is 8.56. The third kappa shape index (κ3) is 5.60. The maximum absolute atomic E-state index is 14.2. The molecule has 1 saturated heterocycles. The second-order valence-electron chi connectivity index (χ2n) is 10.7. The van der Waals surface area contributed by atoms with Crippen LogP contribution in [0.15, 0.2) is 53.2 Å². The van der Waals surface area contributed by atoms with Crippen molar-refractivity contribution in [3.63, 3.8) is 0 Å². The number of halogens is 3. The Morgan fingerprint density at radius 3 is 2.58 bits per heavy atom. The average molecular weight is 553 g/mol. The lowest BCUT2D eigenvalue weighted by Crippen LogP contribution is -2.46. The van der Waals surface area contributed by atoms with Crippen molar-refractivity contribution in [1.82, 2.24) is 24.5 Å². The first kappa shape index (κ1) is 26.5. The predicted octanol–water partition coefficient (Wildman–Crippen LogP) is 6.04. The fraction of sp³-hybridized carbons (Fsp3) is 0.448. The van der Waals surface area contributed by atoms with Gasteiger partial charge in [-0.15, -0.1) is 10.2 Å². The molecule has 40 heavy (non-hydrogen) atoms. The van der Waals surface area contributed by atoms with E-state index < -0.39 is 18.1 Å². The van der Waals surface area contributed by atoms with Crippen molar-refractivity contribution >= 4 is 17.2 Å². The monoisotopic (exact) mass is 552 g/mol. The van der Waals surface area contributed by atoms with Crippen LogP contribution in [0.3, 0.4) is 0 Å². The smallest absolute Gasteiger partial charge is 0.314 e. The highest BCUT2D eigenvalue weighted by Crippen LogP contribution is 2.30. The molecule has 1 aromatic carbocycles. The third-order valence-electron chi connectivity index (χ3n) is 8.06. The van der Waals surface area contributed by atoms with E-state index in [1.165, 1.54) is 44.2 Å². The van der Waals surface area contributed by atoms with Gasteiger partial charge in [-0.3, -0.25) is 4.79 Å². The van der Waals surface area contributed by atoms with Gasteiger partial charge in [0, 0.05) is 35.6 Å². The molecule has 11 heteroatoms. The second-order valence-corrected chi connectivity index (χ2v) is 10.7. The Labute approximate surface area is 229 Å². The number of amides is 1. The van der Waals surface area contributed by atoms with Crippen molar-refractivity contribution < 1.29 is 22.4 Å². The van der Waals surface area contributed by atoms with Crippen LogP contribution < -0.4 is 4.90 Å². The minimum Gasteiger partial charge on any atom is -0.415 e. The number of imidazole rings is 1. The van der Waals surface area contributed by atoms with Crippen molar-refractivity contribution in [2.45, 2.75) is 64.0 Å². The molecule has 0 bridgehead atoms. The van der Waals surface area contributed by atoms with Gasteiger partial charge in [-0.05, 0) is 69.1 Å². The molecule has 1 saturated carbocycles. The normalized spacial score (nSPS) is 17.6. The summed E-state index contributed by atoms with van der Waals surface area (Å²) in [6.45, 7) is 1.97. The molecule has 2 fully saturated rings. The van der Waals surface area contributed by atoms with E-state index in [9.17, 15) is 18.0 Å². The lowest BCUT2D eigenvalue weighted by atomic mass is 9.89. The van der Waals surface area contributed by atoms with E-state index >= 15 is 0 Å². The van der Waals surface area contributed by atoms with E-state index in [1.807, 2.05) is 0 Å². The van der Waals surface area contributed by atoms with Crippen LogP contribution in [0.2, 0.25) is 0 Å². The molecule has 3 aromatic heterocycles. The Bertz CT molecular complexity index is 1470. The number of alkyl halides is 2. The van der Waals surface area contributed by atoms with E-state index in [4.69, 9.17) is 4.42 Å². The van der Waals surface area contributed by atoms with E-state index in [0.29, 0.717) is 28.6 Å². The first-order valence-corrected chi connectivity index (χ1v) is 13.8. The summed E-state index contributed by atoms with van der Waals surface area (Å²) in [5.41, 5.74) is 2.07. The Morgan fingerprint density at radius 1 is 1.05 bits per heavy atom. The maximum Gasteiger partial charge on any atom is 0.314 e. The molecular formula is C29H31F3N6O2. The molecule has 210 valence electrons. The number of fused-ring (bicyclic) bond motifs is 1. The standard InChI is InChI=1S/C29H31F3N6O2/c30-21-5-4-8-24(16-21)38(29(39)19-9-12-36(13-10-19)23-6-2-1-3-7-23)18-22-17-37-14-11-20(15-25(37)33-22)27-34-35-28(40-27)26(31)32/h4-5,8,11,14-17,19,23,26H,1-3,6-7,9-10,12-13,18H2. The minimum absolute atomic E-state index is 0.0292. The Hall–Kier alpha value is -3.73. The molecule has 0 N–H and O–H groups in total. The van der Waals surface area contributed by atoms with Crippen LogP contribution in [-0.2, 0) is 11.3 Å². The van der Waals surface area contributed by atoms with Gasteiger partial charge >= 0.3 is 6.43 Å². The van der Waals surface area contributed by atoms with Crippen LogP contribution in [-0.4, -0.2) is 49.5 Å². The van der Waals surface area contributed by atoms with Gasteiger partial charge in [0.25, 0.3) is 5.89 Å². The van der Waals surface area contributed by atoms with Crippen LogP contribution in [0.4, 0.5) is 18.9 Å². The van der Waals surface area contributed by atoms with E-state index in [2.05, 4.69) is 20.1 Å². The fourth-order valence-corrected chi connectivity index (χ4v) is 5.96. The molecule has 0 unspecified atom stereocenters. The van der Waals surface area contributed by atoms with Crippen LogP contribution in [0.25, 0.3) is 17.1 Å². The van der Waals surface area contributed by atoms with Gasteiger partial charge in [-0.25, -0.2) is 9.37 Å². The molecule has 2 aliphatic rings. The van der Waals surface area contributed by atoms with Crippen LogP contribution in [0, 0.1) is 11.7 Å². The number of pyridine rings is 1. The molecule has 6 rings (SSSR count). The molecule has 0 atom stereocenters. The van der Waals surface area contributed by atoms with Crippen LogP contribution >= 0.6 is 0 Å². The molecule has 8 nitrogen and oxygen atoms in total. The zero-order valence-corrected chi connectivity index (χ0v) is 22.1. The number of anilines is 1. The summed E-state index contributed by atoms with van der Waals surface area (Å²) in [7, 11) is 0. The van der Waals surface area contributed by atoms with Crippen molar-refractivity contribution in [1.29, 1.82) is 0 Å². The van der Waals surface area contributed by atoms with Gasteiger partial charge in [0.2, 0.25) is 11.8 Å². The Balaban J connectivity index is 1.21. The van der Waals surface area contributed by atoms with Crippen molar-refractivity contribution in [3.05, 3.63) is 66.2 Å². The number of nitrogens with zero attached hydrogens (tertiary/aromatic N) is 6. The van der Waals surface area contributed by atoms with Crippen molar-refractivity contribution in [2.75, 3.05) is 18.0 Å². The number of rotatable bonds is 7. The molecule has 1 amide bonds. The first-order valence-electron chi connectivity index (χ1n) is 13.8. The second kappa shape index (κ2) is 11.4. The average Bonchev–Trinajstić information content (AvgIpc) is 3.63. The summed E-state index contributed by atoms with van der Waals surface area (Å²) in [5.74, 6) is -1.36. The van der Waals surface area contributed by atoms with Gasteiger partial charge < -0.3 is 18.6 Å². The zero-order valence-electron chi connectivity index (χ0n) is 22.1. The van der Waals surface area contributed by atoms with Crippen molar-refractivity contribution in [3.8, 4) is 11.5 Å². The molecular weight excluding hydrogens is 521 g/mol. The highest BCUT2D eigenvalue weighted by atomic mass is 19.3. The first-order chi connectivity index (χ1) is 19.4. The lowest BCUT2D eigenvalue weighted by Gasteiger charge is -2.40. The lowest BCUT2D eigenvalue weighted by molar-refractivity contribution is -0.124. The zero-order chi connectivity index (χ0) is 27.6. The maximum atomic E-state index is 14.2. The van der Waals surface area contributed by atoms with Gasteiger partial charge in [0.1, 0.15) is 11.5 Å². The molecule has 1 aliphatic heterocycles. The Morgan fingerprint density at radius 2 is 1.85 bits per heavy atom. The number of likely N-dealkylation sites (tertiary alicyclic amines) is 1. The number of benzene rings is 1.